The lowest BCUT2D eigenvalue weighted by molar-refractivity contribution is -0.161. The third-order valence-corrected chi connectivity index (χ3v) is 7.30. The van der Waals surface area contributed by atoms with E-state index in [0.717, 1.165) is 35.4 Å². The van der Waals surface area contributed by atoms with Crippen LogP contribution >= 0.6 is 35.9 Å². The van der Waals surface area contributed by atoms with Gasteiger partial charge in [-0.1, -0.05) is 63.4 Å². The second-order valence-electron chi connectivity index (χ2n) is 7.07. The van der Waals surface area contributed by atoms with Crippen molar-refractivity contribution < 1.29 is 26.3 Å². The first-order chi connectivity index (χ1) is 15.6. The van der Waals surface area contributed by atoms with Crippen LogP contribution in [0.4, 0.5) is 26.3 Å². The minimum atomic E-state index is -5.19. The molecule has 188 valence electrons. The van der Waals surface area contributed by atoms with E-state index in [1.54, 1.807) is 12.2 Å². The van der Waals surface area contributed by atoms with Crippen LogP contribution in [0.2, 0.25) is 0 Å². The lowest BCUT2D eigenvalue weighted by Crippen LogP contribution is -2.16. The van der Waals surface area contributed by atoms with E-state index < -0.39 is 33.2 Å². The van der Waals surface area contributed by atoms with Gasteiger partial charge < -0.3 is 0 Å². The van der Waals surface area contributed by atoms with Gasteiger partial charge >= 0.3 is 12.4 Å². The Labute approximate surface area is 210 Å². The predicted octanol–water partition coefficient (Wildman–Crippen LogP) is 10.2. The molecule has 1 nitrogen and oxygen atoms in total. The van der Waals surface area contributed by atoms with Gasteiger partial charge in [0.25, 0.3) is 0 Å². The van der Waals surface area contributed by atoms with Gasteiger partial charge in [-0.3, -0.25) is 0 Å². The van der Waals surface area contributed by atoms with Crippen molar-refractivity contribution in [1.29, 1.82) is 0 Å². The summed E-state index contributed by atoms with van der Waals surface area (Å²) in [6.07, 6.45) is -6.09. The van der Waals surface area contributed by atoms with Crippen LogP contribution in [0.25, 0.3) is 4.91 Å². The quantitative estimate of drug-likeness (QED) is 0.290. The number of aryl methyl sites for hydroxylation is 1. The topological polar surface area (TPSA) is 12.4 Å². The SMILES string of the molecule is C=C(SC(=C)c1sc(C)c(C(F)(F)F)c1C(F)(F)F)C1=CC=C(C)/C(=N/S)C1=C(C)CC.CC. The maximum Gasteiger partial charge on any atom is 0.418 e. The van der Waals surface area contributed by atoms with Crippen molar-refractivity contribution in [2.75, 3.05) is 0 Å². The molecule has 0 spiro atoms. The molecule has 0 aromatic carbocycles. The Bertz CT molecular complexity index is 1080. The Morgan fingerprint density at radius 2 is 1.53 bits per heavy atom. The number of thiophene rings is 1. The summed E-state index contributed by atoms with van der Waals surface area (Å²) in [6.45, 7) is 18.3. The molecule has 0 N–H and O–H groups in total. The molecule has 10 heteroatoms. The second-order valence-corrected chi connectivity index (χ2v) is 9.68. The van der Waals surface area contributed by atoms with Crippen molar-refractivity contribution in [2.24, 2.45) is 4.40 Å². The fraction of sp³-hybridized carbons (Fsp3) is 0.375. The number of allylic oxidation sites excluding steroid dienone is 6. The number of hydrogen-bond acceptors (Lipinski definition) is 4. The molecule has 1 heterocycles. The van der Waals surface area contributed by atoms with Gasteiger partial charge in [-0.05, 0) is 51.2 Å². The normalized spacial score (nSPS) is 17.0. The number of halogens is 6. The molecule has 2 rings (SSSR count). The van der Waals surface area contributed by atoms with E-state index in [1.807, 2.05) is 34.6 Å². The van der Waals surface area contributed by atoms with Crippen LogP contribution in [0.15, 0.2) is 56.9 Å². The summed E-state index contributed by atoms with van der Waals surface area (Å²) in [7, 11) is 0. The van der Waals surface area contributed by atoms with Crippen LogP contribution < -0.4 is 0 Å². The molecule has 34 heavy (non-hydrogen) atoms. The zero-order valence-corrected chi connectivity index (χ0v) is 22.3. The molecule has 0 bridgehead atoms. The first-order valence-corrected chi connectivity index (χ1v) is 12.3. The largest absolute Gasteiger partial charge is 0.418 e. The molecule has 0 fully saturated rings. The van der Waals surface area contributed by atoms with Crippen molar-refractivity contribution in [3.8, 4) is 0 Å². The number of rotatable bonds is 5. The smallest absolute Gasteiger partial charge is 0.219 e. The monoisotopic (exact) mass is 539 g/mol. The highest BCUT2D eigenvalue weighted by atomic mass is 32.2. The first-order valence-electron chi connectivity index (χ1n) is 10.3. The van der Waals surface area contributed by atoms with Gasteiger partial charge in [-0.25, -0.2) is 4.40 Å². The summed E-state index contributed by atoms with van der Waals surface area (Å²) in [5, 5.41) is 0. The summed E-state index contributed by atoms with van der Waals surface area (Å²) in [5.41, 5.74) is 0.426. The summed E-state index contributed by atoms with van der Waals surface area (Å²) in [4.78, 5) is -0.827. The summed E-state index contributed by atoms with van der Waals surface area (Å²) in [5.74, 6) is 0. The molecule has 1 aliphatic carbocycles. The molecule has 0 unspecified atom stereocenters. The summed E-state index contributed by atoms with van der Waals surface area (Å²) >= 11 is 5.28. The van der Waals surface area contributed by atoms with E-state index in [0.29, 0.717) is 33.9 Å². The van der Waals surface area contributed by atoms with Gasteiger partial charge in [0.2, 0.25) is 0 Å². The highest BCUT2D eigenvalue weighted by molar-refractivity contribution is 8.12. The zero-order chi connectivity index (χ0) is 26.6. The van der Waals surface area contributed by atoms with Gasteiger partial charge in [-0.2, -0.15) is 26.3 Å². The van der Waals surface area contributed by atoms with E-state index in [2.05, 4.69) is 30.4 Å². The first kappa shape index (κ1) is 30.4. The van der Waals surface area contributed by atoms with Crippen LogP contribution in [0.1, 0.15) is 61.9 Å². The zero-order valence-electron chi connectivity index (χ0n) is 19.8. The Hall–Kier alpha value is -1.65. The minimum absolute atomic E-state index is 0.157. The molecule has 0 saturated carbocycles. The van der Waals surface area contributed by atoms with E-state index in [4.69, 9.17) is 0 Å². The van der Waals surface area contributed by atoms with E-state index in [-0.39, 0.29) is 4.91 Å². The van der Waals surface area contributed by atoms with Crippen molar-refractivity contribution in [1.82, 2.24) is 0 Å². The van der Waals surface area contributed by atoms with Gasteiger partial charge in [0.15, 0.2) is 0 Å². The molecule has 1 aromatic heterocycles. The highest BCUT2D eigenvalue weighted by Crippen LogP contribution is 2.52. The molecular formula is C24H27F6NS3. The van der Waals surface area contributed by atoms with Crippen LogP contribution in [0.3, 0.4) is 0 Å². The highest BCUT2D eigenvalue weighted by Gasteiger charge is 2.48. The van der Waals surface area contributed by atoms with Crippen LogP contribution in [0, 0.1) is 6.92 Å². The van der Waals surface area contributed by atoms with E-state index >= 15 is 0 Å². The Balaban J connectivity index is 0.00000281. The van der Waals surface area contributed by atoms with Crippen molar-refractivity contribution in [2.45, 2.75) is 60.3 Å². The Kier molecular flexibility index (Phi) is 10.6. The molecule has 0 atom stereocenters. The molecule has 1 aromatic rings. The second kappa shape index (κ2) is 11.9. The Morgan fingerprint density at radius 1 is 1.00 bits per heavy atom. The van der Waals surface area contributed by atoms with Crippen molar-refractivity contribution >= 4 is 46.5 Å². The summed E-state index contributed by atoms with van der Waals surface area (Å²) < 4.78 is 85.1. The fourth-order valence-corrected chi connectivity index (χ4v) is 5.61. The van der Waals surface area contributed by atoms with Crippen molar-refractivity contribution in [3.05, 3.63) is 73.4 Å². The van der Waals surface area contributed by atoms with Crippen LogP contribution in [0.5, 0.6) is 0 Å². The number of thioether (sulfide) groups is 1. The molecule has 1 aliphatic rings. The van der Waals surface area contributed by atoms with E-state index in [9.17, 15) is 26.3 Å². The fourth-order valence-electron chi connectivity index (χ4n) is 3.27. The van der Waals surface area contributed by atoms with Gasteiger partial charge in [-0.15, -0.1) is 11.3 Å². The number of hydrogen-bond donors (Lipinski definition) is 1. The lowest BCUT2D eigenvalue weighted by Gasteiger charge is -2.23. The number of nitrogens with zero attached hydrogens (tertiary/aromatic N) is 1. The minimum Gasteiger partial charge on any atom is -0.219 e. The van der Waals surface area contributed by atoms with Crippen LogP contribution in [-0.4, -0.2) is 5.71 Å². The third-order valence-electron chi connectivity index (χ3n) is 4.89. The Morgan fingerprint density at radius 3 is 1.97 bits per heavy atom. The van der Waals surface area contributed by atoms with Crippen molar-refractivity contribution in [3.63, 3.8) is 0 Å². The van der Waals surface area contributed by atoms with Gasteiger partial charge in [0.05, 0.1) is 21.7 Å². The van der Waals surface area contributed by atoms with E-state index in [1.165, 1.54) is 0 Å². The average Bonchev–Trinajstić information content (AvgIpc) is 3.12. The standard InChI is InChI=1S/C22H21F6NS3.C2H6/c1-7-10(2)16-15(9-8-11(3)19(16)29-30)12(4)31-14(6)20-18(22(26,27)28)17(13(5)32-20)21(23,24)25;1-2/h8-9,30H,4,6-7H2,1-3,5H3;1-2H3/b16-10?,29-19-;. The number of alkyl halides is 6. The average molecular weight is 540 g/mol. The predicted molar refractivity (Wildman–Crippen MR) is 137 cm³/mol. The molecule has 0 saturated heterocycles. The third kappa shape index (κ3) is 6.51. The van der Waals surface area contributed by atoms with Gasteiger partial charge in [0.1, 0.15) is 0 Å². The maximum absolute atomic E-state index is 13.6. The molecule has 0 aliphatic heterocycles. The molecular weight excluding hydrogens is 512 g/mol. The number of thiol groups is 1. The molecule has 0 amide bonds. The molecule has 0 radical (unpaired) electrons. The lowest BCUT2D eigenvalue weighted by atomic mass is 9.87. The van der Waals surface area contributed by atoms with Crippen LogP contribution in [-0.2, 0) is 12.4 Å². The summed E-state index contributed by atoms with van der Waals surface area (Å²) in [6, 6.07) is 0. The maximum atomic E-state index is 13.6. The van der Waals surface area contributed by atoms with Gasteiger partial charge in [0, 0.05) is 20.3 Å².